The molecular formula is C15H10BrN3OS2. The van der Waals surface area contributed by atoms with Crippen LogP contribution in [0.4, 0.5) is 0 Å². The summed E-state index contributed by atoms with van der Waals surface area (Å²) in [7, 11) is 0. The minimum atomic E-state index is -0.199. The minimum Gasteiger partial charge on any atom is -0.305 e. The Bertz CT molecular complexity index is 1000. The van der Waals surface area contributed by atoms with Gasteiger partial charge >= 0.3 is 0 Å². The van der Waals surface area contributed by atoms with Crippen LogP contribution in [0.2, 0.25) is 0 Å². The Morgan fingerprint density at radius 3 is 2.82 bits per heavy atom. The molecule has 0 spiro atoms. The van der Waals surface area contributed by atoms with Gasteiger partial charge in [-0.05, 0) is 53.5 Å². The Morgan fingerprint density at radius 1 is 1.41 bits per heavy atom. The molecule has 0 saturated heterocycles. The third-order valence-electron chi connectivity index (χ3n) is 3.30. The lowest BCUT2D eigenvalue weighted by Gasteiger charge is -1.99. The van der Waals surface area contributed by atoms with E-state index >= 15 is 0 Å². The van der Waals surface area contributed by atoms with Crippen molar-refractivity contribution in [3.8, 4) is 6.07 Å². The highest BCUT2D eigenvalue weighted by molar-refractivity contribution is 9.11. The quantitative estimate of drug-likeness (QED) is 0.654. The average Bonchev–Trinajstić information content (AvgIpc) is 3.00. The maximum absolute atomic E-state index is 12.3. The highest BCUT2D eigenvalue weighted by Crippen LogP contribution is 2.28. The highest BCUT2D eigenvalue weighted by atomic mass is 79.9. The highest BCUT2D eigenvalue weighted by Gasteiger charge is 2.14. The second kappa shape index (κ2) is 5.80. The summed E-state index contributed by atoms with van der Waals surface area (Å²) in [6.45, 7) is 3.87. The summed E-state index contributed by atoms with van der Waals surface area (Å²) >= 11 is 6.37. The first-order chi connectivity index (χ1) is 10.5. The molecule has 1 N–H and O–H groups in total. The van der Waals surface area contributed by atoms with E-state index in [-0.39, 0.29) is 5.56 Å². The molecule has 3 aromatic heterocycles. The van der Waals surface area contributed by atoms with E-state index in [1.165, 1.54) is 22.7 Å². The zero-order valence-corrected chi connectivity index (χ0v) is 14.9. The lowest BCUT2D eigenvalue weighted by molar-refractivity contribution is 1.13. The number of fused-ring (bicyclic) bond motifs is 1. The van der Waals surface area contributed by atoms with Crippen LogP contribution < -0.4 is 5.56 Å². The Labute approximate surface area is 142 Å². The molecular weight excluding hydrogens is 382 g/mol. The number of aromatic nitrogens is 2. The van der Waals surface area contributed by atoms with Crippen molar-refractivity contribution in [2.75, 3.05) is 0 Å². The summed E-state index contributed by atoms with van der Waals surface area (Å²) in [6.07, 6.45) is 1.73. The fraction of sp³-hybridized carbons (Fsp3) is 0.133. The van der Waals surface area contributed by atoms with Crippen molar-refractivity contribution in [2.24, 2.45) is 0 Å². The molecule has 4 nitrogen and oxygen atoms in total. The summed E-state index contributed by atoms with van der Waals surface area (Å²) in [4.78, 5) is 22.1. The van der Waals surface area contributed by atoms with Crippen LogP contribution in [0.1, 0.15) is 21.1 Å². The fourth-order valence-electron chi connectivity index (χ4n) is 2.08. The number of aromatic amines is 1. The van der Waals surface area contributed by atoms with Crippen LogP contribution in [0, 0.1) is 25.2 Å². The van der Waals surface area contributed by atoms with Crippen LogP contribution in [0.3, 0.4) is 0 Å². The van der Waals surface area contributed by atoms with Gasteiger partial charge in [0.05, 0.1) is 14.7 Å². The van der Waals surface area contributed by atoms with E-state index in [4.69, 9.17) is 0 Å². The standard InChI is InChI=1S/C15H10BrN3OS2/c1-7-8(2)21-15-12(7)14(20)18-13(19-15)9(6-17)5-10-3-4-11(16)22-10/h3-5H,1-2H3,(H,18,19,20)/b9-5-. The first kappa shape index (κ1) is 15.2. The first-order valence-electron chi connectivity index (χ1n) is 6.37. The number of thiophene rings is 2. The molecule has 0 saturated carbocycles. The molecule has 0 aromatic carbocycles. The van der Waals surface area contributed by atoms with Gasteiger partial charge < -0.3 is 4.98 Å². The number of halogens is 1. The van der Waals surface area contributed by atoms with Crippen molar-refractivity contribution in [1.82, 2.24) is 9.97 Å². The predicted octanol–water partition coefficient (Wildman–Crippen LogP) is 4.49. The summed E-state index contributed by atoms with van der Waals surface area (Å²) in [5, 5.41) is 10.00. The van der Waals surface area contributed by atoms with Crippen molar-refractivity contribution in [2.45, 2.75) is 13.8 Å². The number of nitriles is 1. The van der Waals surface area contributed by atoms with Crippen LogP contribution in [-0.2, 0) is 0 Å². The van der Waals surface area contributed by atoms with Crippen molar-refractivity contribution in [3.05, 3.63) is 47.4 Å². The molecule has 3 heterocycles. The Balaban J connectivity index is 2.18. The second-order valence-electron chi connectivity index (χ2n) is 4.69. The third kappa shape index (κ3) is 2.65. The number of nitrogens with one attached hydrogen (secondary N) is 1. The fourth-order valence-corrected chi connectivity index (χ4v) is 4.48. The topological polar surface area (TPSA) is 69.5 Å². The van der Waals surface area contributed by atoms with E-state index in [9.17, 15) is 10.1 Å². The van der Waals surface area contributed by atoms with Gasteiger partial charge in [-0.25, -0.2) is 4.98 Å². The molecule has 0 amide bonds. The summed E-state index contributed by atoms with van der Waals surface area (Å²) < 4.78 is 0.984. The second-order valence-corrected chi connectivity index (χ2v) is 8.39. The lowest BCUT2D eigenvalue weighted by atomic mass is 10.2. The van der Waals surface area contributed by atoms with Crippen molar-refractivity contribution >= 4 is 60.5 Å². The number of hydrogen-bond acceptors (Lipinski definition) is 5. The molecule has 7 heteroatoms. The first-order valence-corrected chi connectivity index (χ1v) is 8.79. The van der Waals surface area contributed by atoms with Crippen molar-refractivity contribution < 1.29 is 0 Å². The lowest BCUT2D eigenvalue weighted by Crippen LogP contribution is -2.10. The van der Waals surface area contributed by atoms with E-state index in [1.54, 1.807) is 6.08 Å². The van der Waals surface area contributed by atoms with Crippen LogP contribution in [0.15, 0.2) is 20.7 Å². The average molecular weight is 392 g/mol. The Morgan fingerprint density at radius 2 is 2.18 bits per heavy atom. The van der Waals surface area contributed by atoms with Gasteiger partial charge in [-0.3, -0.25) is 4.79 Å². The smallest absolute Gasteiger partial charge is 0.260 e. The van der Waals surface area contributed by atoms with Gasteiger partial charge in [0, 0.05) is 9.75 Å². The molecule has 3 aromatic rings. The maximum Gasteiger partial charge on any atom is 0.260 e. The molecule has 0 aliphatic carbocycles. The predicted molar refractivity (Wildman–Crippen MR) is 95.2 cm³/mol. The SMILES string of the molecule is Cc1sc2nc(/C(C#N)=C\c3ccc(Br)s3)[nH]c(=O)c2c1C. The molecule has 0 bridgehead atoms. The van der Waals surface area contributed by atoms with Gasteiger partial charge in [-0.1, -0.05) is 0 Å². The Hall–Kier alpha value is -1.75. The van der Waals surface area contributed by atoms with E-state index < -0.39 is 0 Å². The number of aryl methyl sites for hydroxylation is 2. The molecule has 0 aliphatic rings. The van der Waals surface area contributed by atoms with Crippen LogP contribution in [0.25, 0.3) is 21.9 Å². The van der Waals surface area contributed by atoms with Gasteiger partial charge in [0.15, 0.2) is 5.82 Å². The zero-order chi connectivity index (χ0) is 15.9. The van der Waals surface area contributed by atoms with E-state index in [1.807, 2.05) is 26.0 Å². The van der Waals surface area contributed by atoms with Crippen LogP contribution in [0.5, 0.6) is 0 Å². The molecule has 0 aliphatic heterocycles. The number of allylic oxidation sites excluding steroid dienone is 1. The summed E-state index contributed by atoms with van der Waals surface area (Å²) in [5.74, 6) is 0.311. The summed E-state index contributed by atoms with van der Waals surface area (Å²) in [6, 6.07) is 5.93. The van der Waals surface area contributed by atoms with E-state index in [0.717, 1.165) is 19.1 Å². The van der Waals surface area contributed by atoms with Crippen molar-refractivity contribution in [3.63, 3.8) is 0 Å². The van der Waals surface area contributed by atoms with Gasteiger partial charge in [0.1, 0.15) is 10.9 Å². The number of hydrogen-bond donors (Lipinski definition) is 1. The van der Waals surface area contributed by atoms with Gasteiger partial charge in [-0.2, -0.15) is 5.26 Å². The number of rotatable bonds is 2. The molecule has 0 unspecified atom stereocenters. The number of nitrogens with zero attached hydrogens (tertiary/aromatic N) is 2. The molecule has 0 fully saturated rings. The van der Waals surface area contributed by atoms with Gasteiger partial charge in [-0.15, -0.1) is 22.7 Å². The Kier molecular flexibility index (Phi) is 4.00. The maximum atomic E-state index is 12.3. The van der Waals surface area contributed by atoms with Crippen LogP contribution in [-0.4, -0.2) is 9.97 Å². The number of H-pyrrole nitrogens is 1. The normalized spacial score (nSPS) is 11.8. The van der Waals surface area contributed by atoms with Gasteiger partial charge in [0.25, 0.3) is 5.56 Å². The third-order valence-corrected chi connectivity index (χ3v) is 5.97. The molecule has 0 atom stereocenters. The zero-order valence-electron chi connectivity index (χ0n) is 11.7. The van der Waals surface area contributed by atoms with Crippen molar-refractivity contribution in [1.29, 1.82) is 5.26 Å². The molecule has 110 valence electrons. The van der Waals surface area contributed by atoms with Crippen LogP contribution >= 0.6 is 38.6 Å². The monoisotopic (exact) mass is 391 g/mol. The van der Waals surface area contributed by atoms with E-state index in [2.05, 4.69) is 32.0 Å². The largest absolute Gasteiger partial charge is 0.305 e. The minimum absolute atomic E-state index is 0.199. The molecule has 0 radical (unpaired) electrons. The summed E-state index contributed by atoms with van der Waals surface area (Å²) in [5.41, 5.74) is 1.09. The van der Waals surface area contributed by atoms with Gasteiger partial charge in [0.2, 0.25) is 0 Å². The molecule has 22 heavy (non-hydrogen) atoms. The van der Waals surface area contributed by atoms with E-state index in [0.29, 0.717) is 21.6 Å². The molecule has 3 rings (SSSR count).